The number of hydrogen-bond donors (Lipinski definition) is 0. The summed E-state index contributed by atoms with van der Waals surface area (Å²) in [5.74, 6) is 0.582. The predicted molar refractivity (Wildman–Crippen MR) is 223 cm³/mol. The third-order valence-corrected chi connectivity index (χ3v) is 12.5. The third kappa shape index (κ3) is 5.91. The molecule has 6 bridgehead atoms. The monoisotopic (exact) mass is 742 g/mol. The Labute approximate surface area is 331 Å². The lowest BCUT2D eigenvalue weighted by atomic mass is 9.89. The fourth-order valence-corrected chi connectivity index (χ4v) is 9.77. The maximum atomic E-state index is 2.74. The van der Waals surface area contributed by atoms with Gasteiger partial charge in [0, 0.05) is 84.1 Å². The van der Waals surface area contributed by atoms with Crippen LogP contribution < -0.4 is 24.4 Å². The molecule has 4 aliphatic rings. The smallest absolute Gasteiger partial charge is 0.220 e. The fourth-order valence-electron chi connectivity index (χ4n) is 9.77. The first-order chi connectivity index (χ1) is 27.1. The first-order valence-corrected chi connectivity index (χ1v) is 20.5. The molecule has 5 aromatic heterocycles. The number of aromatic nitrogens is 5. The van der Waals surface area contributed by atoms with E-state index in [1.807, 2.05) is 0 Å². The zero-order valence-corrected chi connectivity index (χ0v) is 34.3. The molecule has 0 aliphatic carbocycles. The number of hydrogen-bond acceptors (Lipinski definition) is 0. The summed E-state index contributed by atoms with van der Waals surface area (Å²) in [5, 5.41) is 2.64. The van der Waals surface area contributed by atoms with Gasteiger partial charge < -0.3 is 9.13 Å². The molecule has 282 valence electrons. The van der Waals surface area contributed by atoms with E-state index in [0.29, 0.717) is 5.92 Å². The second-order valence-corrected chi connectivity index (χ2v) is 16.8. The molecule has 0 radical (unpaired) electrons. The Morgan fingerprint density at radius 3 is 1.96 bits per heavy atom. The molecular formula is C49H56N7+5. The van der Waals surface area contributed by atoms with Crippen molar-refractivity contribution in [3.8, 4) is 0 Å². The third-order valence-electron chi connectivity index (χ3n) is 12.5. The predicted octanol–water partition coefficient (Wildman–Crippen LogP) is 4.70. The molecule has 0 spiro atoms. The highest BCUT2D eigenvalue weighted by molar-refractivity contribution is 6.29. The molecule has 3 atom stereocenters. The number of pyridine rings is 3. The number of nitrogens with zero attached hydrogens (tertiary/aromatic N) is 7. The van der Waals surface area contributed by atoms with Crippen molar-refractivity contribution < 1.29 is 22.9 Å². The topological polar surface area (TPSA) is 27.5 Å². The Morgan fingerprint density at radius 2 is 1.32 bits per heavy atom. The Bertz CT molecular complexity index is 2650. The van der Waals surface area contributed by atoms with Gasteiger partial charge in [0.1, 0.15) is 33.8 Å². The van der Waals surface area contributed by atoms with Crippen molar-refractivity contribution in [2.24, 2.45) is 34.1 Å². The summed E-state index contributed by atoms with van der Waals surface area (Å²) in [6.45, 7) is 7.97. The van der Waals surface area contributed by atoms with Crippen molar-refractivity contribution in [2.45, 2.75) is 58.0 Å². The summed E-state index contributed by atoms with van der Waals surface area (Å²) in [5.41, 5.74) is 14.2. The van der Waals surface area contributed by atoms with Gasteiger partial charge in [-0.1, -0.05) is 27.2 Å². The first kappa shape index (κ1) is 36.0. The van der Waals surface area contributed by atoms with Crippen molar-refractivity contribution in [2.75, 3.05) is 13.6 Å². The van der Waals surface area contributed by atoms with Crippen LogP contribution in [0.3, 0.4) is 0 Å². The molecular weight excluding hydrogens is 687 g/mol. The van der Waals surface area contributed by atoms with Crippen molar-refractivity contribution in [1.82, 2.24) is 9.13 Å². The Morgan fingerprint density at radius 1 is 0.696 bits per heavy atom. The van der Waals surface area contributed by atoms with Crippen molar-refractivity contribution in [1.29, 1.82) is 0 Å². The Kier molecular flexibility index (Phi) is 9.07. The molecule has 0 fully saturated rings. The van der Waals surface area contributed by atoms with E-state index in [1.165, 1.54) is 72.6 Å². The molecule has 7 nitrogen and oxygen atoms in total. The summed E-state index contributed by atoms with van der Waals surface area (Å²) >= 11 is 0. The maximum absolute atomic E-state index is 2.74. The summed E-state index contributed by atoms with van der Waals surface area (Å²) < 4.78 is 16.9. The van der Waals surface area contributed by atoms with Crippen LogP contribution in [0.15, 0.2) is 128 Å². The van der Waals surface area contributed by atoms with E-state index in [4.69, 9.17) is 0 Å². The molecule has 56 heavy (non-hydrogen) atoms. The second kappa shape index (κ2) is 14.1. The minimum Gasteiger partial charge on any atom is -0.347 e. The lowest BCUT2D eigenvalue weighted by Gasteiger charge is -2.23. The molecule has 4 aliphatic heterocycles. The van der Waals surface area contributed by atoms with Crippen LogP contribution in [0.25, 0.3) is 16.7 Å². The molecule has 7 heteroatoms. The lowest BCUT2D eigenvalue weighted by molar-refractivity contribution is -0.671. The van der Waals surface area contributed by atoms with Crippen molar-refractivity contribution >= 4 is 28.1 Å². The van der Waals surface area contributed by atoms with Crippen LogP contribution in [0.2, 0.25) is 0 Å². The average molecular weight is 743 g/mol. The molecule has 9 rings (SSSR count). The SMILES string of the molecule is CCCC1C[N+]2=C3C=CC2=C(c2cc[n+](C)cc2)C2=[N+](C)C(C=C2)C(c2cc[n+](C)cc2)c2ccc(n2C)C(c2cc[n+](C)cc2)=c2ccc(n21)=C3CC(C)C. The van der Waals surface area contributed by atoms with Crippen LogP contribution in [0, 0.1) is 5.92 Å². The van der Waals surface area contributed by atoms with Gasteiger partial charge in [-0.25, -0.2) is 18.3 Å². The van der Waals surface area contributed by atoms with Crippen molar-refractivity contribution in [3.05, 3.63) is 167 Å². The Balaban J connectivity index is 1.47. The van der Waals surface area contributed by atoms with E-state index in [1.54, 1.807) is 0 Å². The molecule has 5 aromatic rings. The quantitative estimate of drug-likeness (QED) is 0.217. The number of rotatable bonds is 7. The van der Waals surface area contributed by atoms with Gasteiger partial charge in [0.25, 0.3) is 0 Å². The van der Waals surface area contributed by atoms with Crippen LogP contribution in [0.4, 0.5) is 0 Å². The van der Waals surface area contributed by atoms with E-state index in [-0.39, 0.29) is 18.0 Å². The first-order valence-electron chi connectivity index (χ1n) is 20.5. The van der Waals surface area contributed by atoms with Gasteiger partial charge in [-0.2, -0.15) is 4.58 Å². The second-order valence-electron chi connectivity index (χ2n) is 16.8. The fraction of sp³-hybridized carbons (Fsp3) is 0.327. The largest absolute Gasteiger partial charge is 0.347 e. The van der Waals surface area contributed by atoms with Crippen molar-refractivity contribution in [3.63, 3.8) is 0 Å². The molecule has 3 unspecified atom stereocenters. The van der Waals surface area contributed by atoms with Crippen LogP contribution in [-0.2, 0) is 28.2 Å². The average Bonchev–Trinajstić information content (AvgIpc) is 3.96. The summed E-state index contributed by atoms with van der Waals surface area (Å²) in [7, 11) is 10.9. The molecule has 9 heterocycles. The highest BCUT2D eigenvalue weighted by Gasteiger charge is 2.43. The van der Waals surface area contributed by atoms with Gasteiger partial charge in [0.15, 0.2) is 49.8 Å². The zero-order chi connectivity index (χ0) is 38.8. The number of allylic oxidation sites excluding steroid dienone is 4. The summed E-state index contributed by atoms with van der Waals surface area (Å²) in [6.07, 6.45) is 26.0. The number of aryl methyl sites for hydroxylation is 3. The minimum absolute atomic E-state index is 0.0832. The van der Waals surface area contributed by atoms with Gasteiger partial charge in [-0.05, 0) is 60.2 Å². The van der Waals surface area contributed by atoms with E-state index in [2.05, 4.69) is 210 Å². The van der Waals surface area contributed by atoms with Crippen LogP contribution in [-0.4, -0.2) is 49.3 Å². The van der Waals surface area contributed by atoms with Gasteiger partial charge in [0.2, 0.25) is 17.1 Å². The maximum Gasteiger partial charge on any atom is 0.220 e. The number of fused-ring (bicyclic) bond motifs is 4. The van der Waals surface area contributed by atoms with Gasteiger partial charge >= 0.3 is 0 Å². The van der Waals surface area contributed by atoms with Gasteiger partial charge in [-0.15, -0.1) is 0 Å². The van der Waals surface area contributed by atoms with Crippen LogP contribution >= 0.6 is 0 Å². The van der Waals surface area contributed by atoms with Gasteiger partial charge in [-0.3, -0.25) is 0 Å². The van der Waals surface area contributed by atoms with E-state index < -0.39 is 0 Å². The van der Waals surface area contributed by atoms with E-state index >= 15 is 0 Å². The highest BCUT2D eigenvalue weighted by Crippen LogP contribution is 2.38. The molecule has 0 aromatic carbocycles. The number of likely N-dealkylation sites (N-methyl/N-ethyl adjacent to an activating group) is 1. The minimum atomic E-state index is 0.0832. The molecule has 0 N–H and O–H groups in total. The normalized spacial score (nSPS) is 20.2. The van der Waals surface area contributed by atoms with E-state index in [0.717, 1.165) is 25.8 Å². The van der Waals surface area contributed by atoms with Crippen LogP contribution in [0.5, 0.6) is 0 Å². The van der Waals surface area contributed by atoms with E-state index in [9.17, 15) is 0 Å². The molecule has 0 saturated carbocycles. The standard InChI is InChI=1S/C49H56N7/c1-9-10-37-32-55-39-11-17-45(55)48(35-21-27-51(5)28-22-35)43-15-13-41(53(43)7)47(34-19-25-50(4)26-20-34)42-14-16-44(54(42)8)49(36-23-29-52(6)30-24-36)46-18-12-40(56(37)46)38(39)31-33(2)3/h11-30,33,37,41,47H,9-10,31-32H2,1-8H3/q+5. The molecule has 0 amide bonds. The lowest BCUT2D eigenvalue weighted by Crippen LogP contribution is -2.36. The van der Waals surface area contributed by atoms with Gasteiger partial charge in [0.05, 0.1) is 28.4 Å². The summed E-state index contributed by atoms with van der Waals surface area (Å²) in [6, 6.07) is 23.8. The zero-order valence-electron chi connectivity index (χ0n) is 34.3. The summed E-state index contributed by atoms with van der Waals surface area (Å²) in [4.78, 5) is 0. The Hall–Kier alpha value is -5.69. The highest BCUT2D eigenvalue weighted by atomic mass is 15.1. The molecule has 0 saturated heterocycles. The van der Waals surface area contributed by atoms with Crippen LogP contribution in [0.1, 0.15) is 80.1 Å².